The number of benzene rings is 1. The first kappa shape index (κ1) is 12.2. The lowest BCUT2D eigenvalue weighted by Crippen LogP contribution is -2.03. The highest BCUT2D eigenvalue weighted by molar-refractivity contribution is 5.56. The van der Waals surface area contributed by atoms with E-state index < -0.39 is 16.4 Å². The molecule has 1 aromatic carbocycles. The first-order valence-corrected chi connectivity index (χ1v) is 4.91. The number of hydrogen-bond donors (Lipinski definition) is 0. The fourth-order valence-corrected chi connectivity index (χ4v) is 1.60. The zero-order chi connectivity index (χ0) is 14.0. The number of para-hydroxylation sites is 1. The van der Waals surface area contributed by atoms with Gasteiger partial charge < -0.3 is 0 Å². The quantitative estimate of drug-likeness (QED) is 0.600. The normalized spacial score (nSPS) is 9.63. The van der Waals surface area contributed by atoms with Crippen molar-refractivity contribution in [3.05, 3.63) is 51.8 Å². The summed E-state index contributed by atoms with van der Waals surface area (Å²) in [6.07, 6.45) is 1.07. The molecule has 0 aliphatic carbocycles. The Morgan fingerprint density at radius 3 is 2.68 bits per heavy atom. The zero-order valence-electron chi connectivity index (χ0n) is 9.24. The van der Waals surface area contributed by atoms with E-state index in [2.05, 4.69) is 4.98 Å². The van der Waals surface area contributed by atoms with Crippen LogP contribution < -0.4 is 0 Å². The second-order valence-corrected chi connectivity index (χ2v) is 3.40. The number of nitro benzene ring substituents is 1. The fraction of sp³-hybridized carbons (Fsp3) is 0. The van der Waals surface area contributed by atoms with Gasteiger partial charge in [-0.05, 0) is 12.1 Å². The van der Waals surface area contributed by atoms with Crippen molar-refractivity contribution in [3.63, 3.8) is 0 Å². The predicted molar refractivity (Wildman–Crippen MR) is 59.6 cm³/mol. The molecule has 1 heterocycles. The van der Waals surface area contributed by atoms with Crippen molar-refractivity contribution in [2.75, 3.05) is 0 Å². The highest BCUT2D eigenvalue weighted by Gasteiger charge is 2.24. The van der Waals surface area contributed by atoms with Crippen LogP contribution in [0.1, 0.15) is 11.4 Å². The van der Waals surface area contributed by atoms with Crippen LogP contribution in [0.15, 0.2) is 24.5 Å². The van der Waals surface area contributed by atoms with Crippen molar-refractivity contribution in [2.24, 2.45) is 0 Å². The molecule has 0 unspecified atom stereocenters. The number of imidazole rings is 1. The molecular weight excluding hydrogens is 253 g/mol. The van der Waals surface area contributed by atoms with Crippen LogP contribution in [0.3, 0.4) is 0 Å². The molecule has 19 heavy (non-hydrogen) atoms. The molecule has 0 fully saturated rings. The number of nitriles is 2. The van der Waals surface area contributed by atoms with E-state index in [1.165, 1.54) is 12.1 Å². The average molecular weight is 257 g/mol. The Balaban J connectivity index is 2.78. The van der Waals surface area contributed by atoms with Gasteiger partial charge >= 0.3 is 5.69 Å². The molecule has 7 nitrogen and oxygen atoms in total. The van der Waals surface area contributed by atoms with Gasteiger partial charge in [-0.3, -0.25) is 14.7 Å². The van der Waals surface area contributed by atoms with Crippen molar-refractivity contribution in [2.45, 2.75) is 0 Å². The molecule has 0 bridgehead atoms. The van der Waals surface area contributed by atoms with Crippen molar-refractivity contribution in [1.82, 2.24) is 9.55 Å². The lowest BCUT2D eigenvalue weighted by molar-refractivity contribution is -0.387. The molecule has 0 N–H and O–H groups in total. The van der Waals surface area contributed by atoms with E-state index in [4.69, 9.17) is 10.5 Å². The van der Waals surface area contributed by atoms with E-state index in [-0.39, 0.29) is 17.1 Å². The topological polar surface area (TPSA) is 109 Å². The summed E-state index contributed by atoms with van der Waals surface area (Å²) >= 11 is 0. The lowest BCUT2D eigenvalue weighted by atomic mass is 10.2. The average Bonchev–Trinajstić information content (AvgIpc) is 2.80. The van der Waals surface area contributed by atoms with Crippen LogP contribution in [0.2, 0.25) is 0 Å². The summed E-state index contributed by atoms with van der Waals surface area (Å²) in [6, 6.07) is 6.87. The van der Waals surface area contributed by atoms with Crippen LogP contribution in [0, 0.1) is 38.6 Å². The largest absolute Gasteiger partial charge is 0.328 e. The highest BCUT2D eigenvalue weighted by Crippen LogP contribution is 2.27. The summed E-state index contributed by atoms with van der Waals surface area (Å²) < 4.78 is 14.5. The maximum atomic E-state index is 13.5. The van der Waals surface area contributed by atoms with E-state index in [9.17, 15) is 14.5 Å². The molecule has 92 valence electrons. The van der Waals surface area contributed by atoms with Gasteiger partial charge in [-0.15, -0.1) is 0 Å². The van der Waals surface area contributed by atoms with Crippen LogP contribution in [-0.2, 0) is 0 Å². The molecule has 0 saturated carbocycles. The molecule has 0 spiro atoms. The van der Waals surface area contributed by atoms with Gasteiger partial charge in [0.05, 0.1) is 4.92 Å². The molecule has 0 amide bonds. The van der Waals surface area contributed by atoms with Crippen molar-refractivity contribution >= 4 is 5.69 Å². The van der Waals surface area contributed by atoms with Gasteiger partial charge in [0.25, 0.3) is 0 Å². The summed E-state index contributed by atoms with van der Waals surface area (Å²) in [5, 5.41) is 28.6. The van der Waals surface area contributed by atoms with E-state index in [1.54, 1.807) is 12.1 Å². The van der Waals surface area contributed by atoms with Gasteiger partial charge in [0, 0.05) is 0 Å². The van der Waals surface area contributed by atoms with E-state index in [1.807, 2.05) is 0 Å². The SMILES string of the molecule is N#Cc1ncn(-c2cccc(F)c2[N+](=O)[O-])c1C#N. The molecule has 0 radical (unpaired) electrons. The van der Waals surface area contributed by atoms with Gasteiger partial charge in [0.1, 0.15) is 24.2 Å². The summed E-state index contributed by atoms with van der Waals surface area (Å²) in [5.74, 6) is -1.03. The van der Waals surface area contributed by atoms with Crippen molar-refractivity contribution in [1.29, 1.82) is 10.5 Å². The summed E-state index contributed by atoms with van der Waals surface area (Å²) in [6.45, 7) is 0. The number of aromatic nitrogens is 2. The summed E-state index contributed by atoms with van der Waals surface area (Å²) in [5.41, 5.74) is -1.30. The number of halogens is 1. The second-order valence-electron chi connectivity index (χ2n) is 3.40. The van der Waals surface area contributed by atoms with Crippen LogP contribution in [-0.4, -0.2) is 14.5 Å². The molecule has 8 heteroatoms. The highest BCUT2D eigenvalue weighted by atomic mass is 19.1. The predicted octanol–water partition coefficient (Wildman–Crippen LogP) is 1.66. The molecule has 0 aliphatic rings. The third-order valence-electron chi connectivity index (χ3n) is 2.39. The van der Waals surface area contributed by atoms with Gasteiger partial charge in [-0.2, -0.15) is 14.9 Å². The molecule has 0 aliphatic heterocycles. The molecule has 2 rings (SSSR count). The first-order valence-electron chi connectivity index (χ1n) is 4.91. The maximum absolute atomic E-state index is 13.5. The summed E-state index contributed by atoms with van der Waals surface area (Å²) in [4.78, 5) is 13.6. The molecular formula is C11H4FN5O2. The molecule has 2 aromatic rings. The van der Waals surface area contributed by atoms with Gasteiger partial charge in [0.2, 0.25) is 5.82 Å². The molecule has 0 atom stereocenters. The minimum atomic E-state index is -1.03. The Kier molecular flexibility index (Phi) is 2.92. The van der Waals surface area contributed by atoms with Crippen molar-refractivity contribution in [3.8, 4) is 17.8 Å². The van der Waals surface area contributed by atoms with Crippen LogP contribution in [0.4, 0.5) is 10.1 Å². The number of nitro groups is 1. The van der Waals surface area contributed by atoms with E-state index in [0.29, 0.717) is 0 Å². The Morgan fingerprint density at radius 1 is 1.37 bits per heavy atom. The second kappa shape index (κ2) is 4.55. The van der Waals surface area contributed by atoms with Gasteiger partial charge in [-0.25, -0.2) is 4.98 Å². The fourth-order valence-electron chi connectivity index (χ4n) is 1.60. The van der Waals surface area contributed by atoms with Crippen LogP contribution >= 0.6 is 0 Å². The monoisotopic (exact) mass is 257 g/mol. The third-order valence-corrected chi connectivity index (χ3v) is 2.39. The summed E-state index contributed by atoms with van der Waals surface area (Å²) in [7, 11) is 0. The molecule has 0 saturated heterocycles. The maximum Gasteiger partial charge on any atom is 0.328 e. The Hall–Kier alpha value is -3.26. The number of rotatable bonds is 2. The van der Waals surface area contributed by atoms with Crippen LogP contribution in [0.25, 0.3) is 5.69 Å². The minimum absolute atomic E-state index is 0.157. The van der Waals surface area contributed by atoms with E-state index in [0.717, 1.165) is 17.0 Å². The Morgan fingerprint density at radius 2 is 2.11 bits per heavy atom. The minimum Gasteiger partial charge on any atom is -0.283 e. The van der Waals surface area contributed by atoms with Crippen molar-refractivity contribution < 1.29 is 9.31 Å². The standard InChI is InChI=1S/C11H4FN5O2/c12-7-2-1-3-9(11(7)17(18)19)16-6-15-8(4-13)10(16)5-14/h1-3,6H. The number of hydrogen-bond acceptors (Lipinski definition) is 5. The Labute approximate surface area is 105 Å². The first-order chi connectivity index (χ1) is 9.10. The third kappa shape index (κ3) is 1.87. The lowest BCUT2D eigenvalue weighted by Gasteiger charge is -2.05. The van der Waals surface area contributed by atoms with Gasteiger partial charge in [0.15, 0.2) is 11.4 Å². The smallest absolute Gasteiger partial charge is 0.283 e. The Bertz CT molecular complexity index is 753. The van der Waals surface area contributed by atoms with E-state index >= 15 is 0 Å². The van der Waals surface area contributed by atoms with Gasteiger partial charge in [-0.1, -0.05) is 6.07 Å². The molecule has 1 aromatic heterocycles. The van der Waals surface area contributed by atoms with Crippen LogP contribution in [0.5, 0.6) is 0 Å². The zero-order valence-corrected chi connectivity index (χ0v) is 9.24. The number of nitrogens with zero attached hydrogens (tertiary/aromatic N) is 5.